The Balaban J connectivity index is 1.26. The molecule has 0 amide bonds. The molecule has 54 heavy (non-hydrogen) atoms. The minimum absolute atomic E-state index is 1.12. The molecule has 2 heteroatoms. The van der Waals surface area contributed by atoms with Gasteiger partial charge in [0.2, 0.25) is 0 Å². The molecule has 0 aliphatic rings. The molecular formula is C52H33NS. The molecule has 0 radical (unpaired) electrons. The number of hydrogen-bond acceptors (Lipinski definition) is 2. The van der Waals surface area contributed by atoms with Gasteiger partial charge in [-0.1, -0.05) is 158 Å². The second-order valence-corrected chi connectivity index (χ2v) is 15.1. The monoisotopic (exact) mass is 703 g/mol. The summed E-state index contributed by atoms with van der Waals surface area (Å²) in [5.41, 5.74) is 8.34. The zero-order valence-corrected chi connectivity index (χ0v) is 30.2. The molecule has 11 rings (SSSR count). The molecule has 0 bridgehead atoms. The van der Waals surface area contributed by atoms with Crippen LogP contribution in [0.2, 0.25) is 0 Å². The lowest BCUT2D eigenvalue weighted by Gasteiger charge is -2.28. The van der Waals surface area contributed by atoms with Crippen molar-refractivity contribution in [2.75, 3.05) is 4.90 Å². The second-order valence-electron chi connectivity index (χ2n) is 14.0. The number of thiophene rings is 1. The van der Waals surface area contributed by atoms with Gasteiger partial charge in [-0.05, 0) is 102 Å². The van der Waals surface area contributed by atoms with E-state index in [9.17, 15) is 0 Å². The largest absolute Gasteiger partial charge is 0.310 e. The summed E-state index contributed by atoms with van der Waals surface area (Å²) in [5.74, 6) is 0. The molecule has 0 spiro atoms. The molecule has 0 fully saturated rings. The van der Waals surface area contributed by atoms with Crippen LogP contribution in [-0.4, -0.2) is 0 Å². The van der Waals surface area contributed by atoms with E-state index >= 15 is 0 Å². The molecule has 0 saturated carbocycles. The van der Waals surface area contributed by atoms with Crippen LogP contribution in [0.3, 0.4) is 0 Å². The number of nitrogens with zero attached hydrogens (tertiary/aromatic N) is 1. The Hall–Kier alpha value is -6.74. The Morgan fingerprint density at radius 2 is 0.815 bits per heavy atom. The highest BCUT2D eigenvalue weighted by atomic mass is 32.1. The lowest BCUT2D eigenvalue weighted by molar-refractivity contribution is 1.31. The molecule has 252 valence electrons. The molecule has 0 aliphatic heterocycles. The topological polar surface area (TPSA) is 3.24 Å². The fourth-order valence-electron chi connectivity index (χ4n) is 8.63. The van der Waals surface area contributed by atoms with Gasteiger partial charge in [0.05, 0.1) is 5.69 Å². The van der Waals surface area contributed by atoms with Gasteiger partial charge in [0.25, 0.3) is 0 Å². The molecule has 10 aromatic carbocycles. The van der Waals surface area contributed by atoms with E-state index in [1.165, 1.54) is 85.5 Å². The standard InChI is InChI=1S/C52H33NS/c1-3-15-35(16-4-1)51-45-22-10-9-20-41(45)42-30-27-37(33-47(42)52(51)36-17-5-2-6-18-36)53(38-28-31-50-46(32-38)44-21-11-12-25-49(44)54-50)48-24-13-23-40-39-19-8-7-14-34(39)26-29-43(40)48/h1-33H. The second kappa shape index (κ2) is 12.4. The molecule has 1 nitrogen and oxygen atoms in total. The summed E-state index contributed by atoms with van der Waals surface area (Å²) in [7, 11) is 0. The van der Waals surface area contributed by atoms with E-state index in [1.807, 2.05) is 11.3 Å². The fourth-order valence-corrected chi connectivity index (χ4v) is 9.71. The van der Waals surface area contributed by atoms with Crippen LogP contribution in [0.5, 0.6) is 0 Å². The first-order valence-electron chi connectivity index (χ1n) is 18.5. The third-order valence-electron chi connectivity index (χ3n) is 11.0. The summed E-state index contributed by atoms with van der Waals surface area (Å²) in [5, 5.41) is 12.6. The maximum Gasteiger partial charge on any atom is 0.0540 e. The van der Waals surface area contributed by atoms with Crippen molar-refractivity contribution in [1.82, 2.24) is 0 Å². The molecule has 11 aromatic rings. The predicted octanol–water partition coefficient (Wildman–Crippen LogP) is 15.5. The van der Waals surface area contributed by atoms with Crippen LogP contribution in [-0.2, 0) is 0 Å². The number of hydrogen-bond donors (Lipinski definition) is 0. The van der Waals surface area contributed by atoms with E-state index in [2.05, 4.69) is 205 Å². The Labute approximate surface area is 317 Å². The summed E-state index contributed by atoms with van der Waals surface area (Å²) < 4.78 is 2.61. The predicted molar refractivity (Wildman–Crippen MR) is 235 cm³/mol. The van der Waals surface area contributed by atoms with Gasteiger partial charge in [-0.2, -0.15) is 0 Å². The van der Waals surface area contributed by atoms with Gasteiger partial charge in [-0.3, -0.25) is 0 Å². The van der Waals surface area contributed by atoms with Gasteiger partial charge >= 0.3 is 0 Å². The van der Waals surface area contributed by atoms with Gasteiger partial charge in [-0.25, -0.2) is 0 Å². The summed E-state index contributed by atoms with van der Waals surface area (Å²) in [6.07, 6.45) is 0. The number of anilines is 3. The normalized spacial score (nSPS) is 11.7. The van der Waals surface area contributed by atoms with E-state index in [0.29, 0.717) is 0 Å². The molecule has 0 saturated heterocycles. The van der Waals surface area contributed by atoms with E-state index < -0.39 is 0 Å². The lowest BCUT2D eigenvalue weighted by atomic mass is 9.85. The minimum atomic E-state index is 1.12. The number of fused-ring (bicyclic) bond motifs is 9. The first-order chi connectivity index (χ1) is 26.8. The summed E-state index contributed by atoms with van der Waals surface area (Å²) in [6.45, 7) is 0. The van der Waals surface area contributed by atoms with E-state index in [0.717, 1.165) is 17.1 Å². The van der Waals surface area contributed by atoms with Crippen molar-refractivity contribution in [3.8, 4) is 22.3 Å². The average molecular weight is 704 g/mol. The molecule has 1 aromatic heterocycles. The Kier molecular flexibility index (Phi) is 7.11. The first kappa shape index (κ1) is 30.8. The molecular weight excluding hydrogens is 671 g/mol. The van der Waals surface area contributed by atoms with Gasteiger partial charge < -0.3 is 4.90 Å². The molecule has 0 atom stereocenters. The highest BCUT2D eigenvalue weighted by molar-refractivity contribution is 7.25. The van der Waals surface area contributed by atoms with Crippen LogP contribution >= 0.6 is 11.3 Å². The zero-order valence-electron chi connectivity index (χ0n) is 29.4. The zero-order chi connectivity index (χ0) is 35.6. The highest BCUT2D eigenvalue weighted by Gasteiger charge is 2.22. The Morgan fingerprint density at radius 3 is 1.59 bits per heavy atom. The Bertz CT molecular complexity index is 3210. The first-order valence-corrected chi connectivity index (χ1v) is 19.3. The average Bonchev–Trinajstić information content (AvgIpc) is 3.62. The van der Waals surface area contributed by atoms with Gasteiger partial charge in [0, 0.05) is 36.9 Å². The quantitative estimate of drug-likeness (QED) is 0.161. The minimum Gasteiger partial charge on any atom is -0.310 e. The summed E-state index contributed by atoms with van der Waals surface area (Å²) in [6, 6.07) is 73.6. The third kappa shape index (κ3) is 4.85. The maximum atomic E-state index is 2.48. The van der Waals surface area contributed by atoms with E-state index in [4.69, 9.17) is 0 Å². The van der Waals surface area contributed by atoms with E-state index in [1.54, 1.807) is 0 Å². The molecule has 0 N–H and O–H groups in total. The summed E-state index contributed by atoms with van der Waals surface area (Å²) in [4.78, 5) is 2.48. The van der Waals surface area contributed by atoms with Crippen LogP contribution < -0.4 is 4.90 Å². The van der Waals surface area contributed by atoms with Crippen LogP contribution in [0.1, 0.15) is 0 Å². The van der Waals surface area contributed by atoms with Crippen molar-refractivity contribution in [3.63, 3.8) is 0 Å². The van der Waals surface area contributed by atoms with Crippen LogP contribution in [0.25, 0.3) is 85.5 Å². The molecule has 1 heterocycles. The van der Waals surface area contributed by atoms with E-state index in [-0.39, 0.29) is 0 Å². The van der Waals surface area contributed by atoms with Crippen molar-refractivity contribution in [2.45, 2.75) is 0 Å². The fraction of sp³-hybridized carbons (Fsp3) is 0. The molecule has 0 unspecified atom stereocenters. The third-order valence-corrected chi connectivity index (χ3v) is 12.2. The highest BCUT2D eigenvalue weighted by Crippen LogP contribution is 2.48. The van der Waals surface area contributed by atoms with Crippen molar-refractivity contribution in [2.24, 2.45) is 0 Å². The van der Waals surface area contributed by atoms with Crippen molar-refractivity contribution < 1.29 is 0 Å². The summed E-state index contributed by atoms with van der Waals surface area (Å²) >= 11 is 1.86. The van der Waals surface area contributed by atoms with Crippen LogP contribution in [0, 0.1) is 0 Å². The maximum absolute atomic E-state index is 2.48. The Morgan fingerprint density at radius 1 is 0.296 bits per heavy atom. The molecule has 0 aliphatic carbocycles. The van der Waals surface area contributed by atoms with Gasteiger partial charge in [0.1, 0.15) is 0 Å². The van der Waals surface area contributed by atoms with Gasteiger partial charge in [-0.15, -0.1) is 11.3 Å². The lowest BCUT2D eigenvalue weighted by Crippen LogP contribution is -2.10. The smallest absolute Gasteiger partial charge is 0.0540 e. The number of benzene rings is 10. The van der Waals surface area contributed by atoms with Crippen molar-refractivity contribution in [3.05, 3.63) is 200 Å². The van der Waals surface area contributed by atoms with Gasteiger partial charge in [0.15, 0.2) is 0 Å². The number of rotatable bonds is 5. The SMILES string of the molecule is c1ccc(-c2c(-c3ccccc3)c3cc(N(c4ccc5sc6ccccc6c5c4)c4cccc5c4ccc4ccccc45)ccc3c3ccccc23)cc1. The van der Waals surface area contributed by atoms with Crippen molar-refractivity contribution in [1.29, 1.82) is 0 Å². The van der Waals surface area contributed by atoms with Crippen molar-refractivity contribution >= 4 is 91.7 Å². The van der Waals surface area contributed by atoms with Crippen LogP contribution in [0.4, 0.5) is 17.1 Å². The van der Waals surface area contributed by atoms with Crippen LogP contribution in [0.15, 0.2) is 200 Å².